The van der Waals surface area contributed by atoms with Crippen LogP contribution in [0.4, 0.5) is 11.6 Å². The summed E-state index contributed by atoms with van der Waals surface area (Å²) in [6.07, 6.45) is 7.59. The van der Waals surface area contributed by atoms with E-state index in [-0.39, 0.29) is 0 Å². The number of benzene rings is 1. The van der Waals surface area contributed by atoms with E-state index in [9.17, 15) is 0 Å². The van der Waals surface area contributed by atoms with Crippen molar-refractivity contribution in [2.45, 2.75) is 11.1 Å². The van der Waals surface area contributed by atoms with E-state index in [2.05, 4.69) is 33.7 Å². The van der Waals surface area contributed by atoms with Crippen molar-refractivity contribution in [3.8, 4) is 33.2 Å². The van der Waals surface area contributed by atoms with Crippen LogP contribution in [0.15, 0.2) is 59.2 Å². The molecule has 31 heavy (non-hydrogen) atoms. The zero-order valence-electron chi connectivity index (χ0n) is 17.7. The number of hydrogen-bond donors (Lipinski definition) is 1. The fraction of sp³-hybridized carbons (Fsp3) is 0.174. The second-order valence-corrected chi connectivity index (χ2v) is 8.86. The summed E-state index contributed by atoms with van der Waals surface area (Å²) in [6, 6.07) is 11.8. The van der Waals surface area contributed by atoms with Gasteiger partial charge in [0.05, 0.1) is 29.0 Å². The van der Waals surface area contributed by atoms with Crippen LogP contribution in [0.1, 0.15) is 5.56 Å². The lowest BCUT2D eigenvalue weighted by Crippen LogP contribution is -2.00. The summed E-state index contributed by atoms with van der Waals surface area (Å²) in [5, 5.41) is 3.28. The van der Waals surface area contributed by atoms with Gasteiger partial charge in [-0.05, 0) is 30.9 Å². The van der Waals surface area contributed by atoms with Gasteiger partial charge in [0.1, 0.15) is 11.5 Å². The van der Waals surface area contributed by atoms with E-state index < -0.39 is 0 Å². The highest BCUT2D eigenvalue weighted by atomic mass is 32.2. The second kappa shape index (κ2) is 9.36. The molecule has 0 aliphatic rings. The Morgan fingerprint density at radius 3 is 2.45 bits per heavy atom. The molecule has 0 atom stereocenters. The Hall–Kier alpha value is -3.10. The summed E-state index contributed by atoms with van der Waals surface area (Å²) >= 11 is 3.45. The molecule has 4 rings (SSSR count). The first-order valence-electron chi connectivity index (χ1n) is 9.53. The van der Waals surface area contributed by atoms with Crippen molar-refractivity contribution in [3.63, 3.8) is 0 Å². The van der Waals surface area contributed by atoms with Crippen molar-refractivity contribution in [1.29, 1.82) is 0 Å². The number of ether oxygens (including phenoxy) is 2. The van der Waals surface area contributed by atoms with Crippen LogP contribution in [0.5, 0.6) is 11.5 Å². The van der Waals surface area contributed by atoms with Crippen molar-refractivity contribution < 1.29 is 9.47 Å². The molecule has 1 aromatic carbocycles. The number of aryl methyl sites for hydroxylation is 1. The van der Waals surface area contributed by atoms with Crippen LogP contribution in [0, 0.1) is 6.92 Å². The summed E-state index contributed by atoms with van der Waals surface area (Å²) in [4.78, 5) is 14.7. The monoisotopic (exact) mass is 450 g/mol. The van der Waals surface area contributed by atoms with Gasteiger partial charge in [0.15, 0.2) is 0 Å². The maximum atomic E-state index is 5.36. The Bertz CT molecular complexity index is 1170. The predicted octanol–water partition coefficient (Wildman–Crippen LogP) is 6.06. The van der Waals surface area contributed by atoms with E-state index in [0.717, 1.165) is 32.9 Å². The normalized spacial score (nSPS) is 10.7. The van der Waals surface area contributed by atoms with Gasteiger partial charge in [0.2, 0.25) is 5.95 Å². The number of methoxy groups -OCH3 is 2. The molecule has 0 amide bonds. The van der Waals surface area contributed by atoms with E-state index in [1.165, 1.54) is 4.21 Å². The molecule has 158 valence electrons. The van der Waals surface area contributed by atoms with Crippen molar-refractivity contribution >= 4 is 34.7 Å². The fourth-order valence-electron chi connectivity index (χ4n) is 3.12. The van der Waals surface area contributed by atoms with E-state index in [1.54, 1.807) is 43.5 Å². The molecule has 0 saturated heterocycles. The number of aromatic nitrogens is 3. The molecule has 0 aliphatic carbocycles. The Balaban J connectivity index is 1.76. The summed E-state index contributed by atoms with van der Waals surface area (Å²) < 4.78 is 11.9. The third-order valence-electron chi connectivity index (χ3n) is 4.68. The maximum absolute atomic E-state index is 5.36. The zero-order valence-corrected chi connectivity index (χ0v) is 19.3. The molecule has 8 heteroatoms. The van der Waals surface area contributed by atoms with Crippen LogP contribution in [0.2, 0.25) is 0 Å². The fourth-order valence-corrected chi connectivity index (χ4v) is 4.91. The highest BCUT2D eigenvalue weighted by Gasteiger charge is 2.17. The number of rotatable bonds is 7. The van der Waals surface area contributed by atoms with Crippen LogP contribution in [0.25, 0.3) is 21.7 Å². The molecule has 0 bridgehead atoms. The van der Waals surface area contributed by atoms with Crippen molar-refractivity contribution in [2.24, 2.45) is 0 Å². The van der Waals surface area contributed by atoms with Gasteiger partial charge in [-0.3, -0.25) is 4.98 Å². The third-order valence-corrected chi connectivity index (χ3v) is 6.88. The molecule has 0 radical (unpaired) electrons. The number of nitrogens with one attached hydrogen (secondary N) is 1. The topological polar surface area (TPSA) is 69.2 Å². The summed E-state index contributed by atoms with van der Waals surface area (Å²) in [5.74, 6) is 1.89. The van der Waals surface area contributed by atoms with Crippen molar-refractivity contribution in [3.05, 3.63) is 60.6 Å². The molecule has 0 spiro atoms. The van der Waals surface area contributed by atoms with Gasteiger partial charge in [0, 0.05) is 53.6 Å². The van der Waals surface area contributed by atoms with Gasteiger partial charge in [0.25, 0.3) is 0 Å². The Kier molecular flexibility index (Phi) is 6.39. The largest absolute Gasteiger partial charge is 0.497 e. The first kappa shape index (κ1) is 21.1. The number of pyridine rings is 1. The Morgan fingerprint density at radius 1 is 1.03 bits per heavy atom. The van der Waals surface area contributed by atoms with Crippen LogP contribution in [0.3, 0.4) is 0 Å². The number of hydrogen-bond acceptors (Lipinski definition) is 8. The summed E-state index contributed by atoms with van der Waals surface area (Å²) in [7, 11) is 3.25. The van der Waals surface area contributed by atoms with E-state index in [1.807, 2.05) is 43.6 Å². The highest BCUT2D eigenvalue weighted by molar-refractivity contribution is 8.00. The van der Waals surface area contributed by atoms with E-state index in [4.69, 9.17) is 14.5 Å². The number of thioether (sulfide) groups is 1. The first-order chi connectivity index (χ1) is 15.1. The lowest BCUT2D eigenvalue weighted by molar-refractivity contribution is 0.395. The molecule has 6 nitrogen and oxygen atoms in total. The number of anilines is 2. The lowest BCUT2D eigenvalue weighted by atomic mass is 10.1. The maximum Gasteiger partial charge on any atom is 0.227 e. The van der Waals surface area contributed by atoms with Crippen LogP contribution in [-0.4, -0.2) is 35.4 Å². The Labute approximate surface area is 189 Å². The summed E-state index contributed by atoms with van der Waals surface area (Å²) in [5.41, 5.74) is 4.89. The minimum absolute atomic E-state index is 0.507. The zero-order chi connectivity index (χ0) is 21.8. The van der Waals surface area contributed by atoms with Gasteiger partial charge in [-0.15, -0.1) is 23.1 Å². The SMILES string of the molecule is COc1cc(Nc2ncc(C)c(-c3sc(SC)cc3-c3cccnc3)n2)cc(OC)c1. The molecule has 0 aliphatic heterocycles. The molecule has 3 aromatic heterocycles. The van der Waals surface area contributed by atoms with Crippen LogP contribution < -0.4 is 14.8 Å². The second-order valence-electron chi connectivity index (χ2n) is 6.71. The van der Waals surface area contributed by atoms with Gasteiger partial charge < -0.3 is 14.8 Å². The third kappa shape index (κ3) is 4.65. The minimum Gasteiger partial charge on any atom is -0.497 e. The lowest BCUT2D eigenvalue weighted by Gasteiger charge is -2.12. The molecule has 0 unspecified atom stereocenters. The van der Waals surface area contributed by atoms with Gasteiger partial charge in [-0.25, -0.2) is 9.97 Å². The minimum atomic E-state index is 0.507. The van der Waals surface area contributed by atoms with Gasteiger partial charge >= 0.3 is 0 Å². The molecule has 0 fully saturated rings. The van der Waals surface area contributed by atoms with Crippen LogP contribution >= 0.6 is 23.1 Å². The molecule has 3 heterocycles. The van der Waals surface area contributed by atoms with Crippen LogP contribution in [-0.2, 0) is 0 Å². The number of thiophene rings is 1. The average molecular weight is 451 g/mol. The van der Waals surface area contributed by atoms with E-state index >= 15 is 0 Å². The van der Waals surface area contributed by atoms with E-state index in [0.29, 0.717) is 17.4 Å². The number of nitrogens with zero attached hydrogens (tertiary/aromatic N) is 3. The molecular formula is C23H22N4O2S2. The molecule has 1 N–H and O–H groups in total. The van der Waals surface area contributed by atoms with Crippen molar-refractivity contribution in [2.75, 3.05) is 25.8 Å². The summed E-state index contributed by atoms with van der Waals surface area (Å²) in [6.45, 7) is 2.03. The quantitative estimate of drug-likeness (QED) is 0.343. The highest BCUT2D eigenvalue weighted by Crippen LogP contribution is 2.42. The molecule has 4 aromatic rings. The first-order valence-corrected chi connectivity index (χ1v) is 11.6. The average Bonchev–Trinajstić information content (AvgIpc) is 3.25. The molecule has 0 saturated carbocycles. The molecular weight excluding hydrogens is 428 g/mol. The standard InChI is InChI=1S/C23H22N4O2S2/c1-14-12-25-23(26-16-8-17(28-2)10-18(9-16)29-3)27-21(14)22-19(11-20(30-4)31-22)15-6-5-7-24-13-15/h5-13H,1-4H3,(H,25,26,27). The smallest absolute Gasteiger partial charge is 0.227 e. The van der Waals surface area contributed by atoms with Gasteiger partial charge in [-0.2, -0.15) is 0 Å². The predicted molar refractivity (Wildman–Crippen MR) is 128 cm³/mol. The van der Waals surface area contributed by atoms with Gasteiger partial charge in [-0.1, -0.05) is 6.07 Å². The van der Waals surface area contributed by atoms with Crippen molar-refractivity contribution in [1.82, 2.24) is 15.0 Å². The Morgan fingerprint density at radius 2 is 1.81 bits per heavy atom.